The van der Waals surface area contributed by atoms with Gasteiger partial charge in [-0.2, -0.15) is 0 Å². The molecule has 2 aliphatic carbocycles. The maximum atomic E-state index is 6.00. The van der Waals surface area contributed by atoms with Crippen molar-refractivity contribution in [1.29, 1.82) is 0 Å². The van der Waals surface area contributed by atoms with Gasteiger partial charge in [-0.05, 0) is 48.6 Å². The topological polar surface area (TPSA) is 40.5 Å². The minimum Gasteiger partial charge on any atom is -0.255 e. The predicted octanol–water partition coefficient (Wildman–Crippen LogP) is 5.80. The third-order valence-electron chi connectivity index (χ3n) is 5.09. The third kappa shape index (κ3) is 3.83. The van der Waals surface area contributed by atoms with Crippen LogP contribution in [-0.4, -0.2) is 10.5 Å². The van der Waals surface area contributed by atoms with Crippen LogP contribution in [0.15, 0.2) is 24.3 Å². The van der Waals surface area contributed by atoms with Gasteiger partial charge in [0, 0.05) is 0 Å². The third-order valence-corrected chi connectivity index (χ3v) is 5.09. The molecule has 0 heterocycles. The molecule has 0 aliphatic heterocycles. The summed E-state index contributed by atoms with van der Waals surface area (Å²) in [6.07, 6.45) is 14.5. The van der Waals surface area contributed by atoms with E-state index in [-0.39, 0.29) is 0 Å². The lowest BCUT2D eigenvalue weighted by atomic mass is 9.76. The van der Waals surface area contributed by atoms with Crippen molar-refractivity contribution < 1.29 is 10.5 Å². The molecule has 2 fully saturated rings. The Labute approximate surface area is 122 Å². The molecule has 3 rings (SSSR count). The van der Waals surface area contributed by atoms with Gasteiger partial charge in [0.05, 0.1) is 0 Å². The highest BCUT2D eigenvalue weighted by atomic mass is 17.0. The SMILES string of the molecule is OO.c1ccc(C2CCCCC2)c(C2CCCCC2)c1. The second-order valence-electron chi connectivity index (χ2n) is 6.30. The van der Waals surface area contributed by atoms with E-state index in [1.54, 1.807) is 11.1 Å². The quantitative estimate of drug-likeness (QED) is 0.529. The van der Waals surface area contributed by atoms with Crippen molar-refractivity contribution in [2.24, 2.45) is 0 Å². The van der Waals surface area contributed by atoms with Crippen LogP contribution >= 0.6 is 0 Å². The molecular weight excluding hydrogens is 248 g/mol. The summed E-state index contributed by atoms with van der Waals surface area (Å²) < 4.78 is 0. The highest BCUT2D eigenvalue weighted by Crippen LogP contribution is 2.40. The maximum Gasteiger partial charge on any atom is -0.0159 e. The molecule has 0 radical (unpaired) electrons. The molecule has 0 aromatic heterocycles. The first-order valence-corrected chi connectivity index (χ1v) is 8.24. The molecular formula is C18H28O2. The van der Waals surface area contributed by atoms with Crippen molar-refractivity contribution in [3.8, 4) is 0 Å². The second kappa shape index (κ2) is 8.43. The zero-order valence-electron chi connectivity index (χ0n) is 12.4. The zero-order valence-corrected chi connectivity index (χ0v) is 12.4. The van der Waals surface area contributed by atoms with E-state index in [1.807, 2.05) is 0 Å². The summed E-state index contributed by atoms with van der Waals surface area (Å²) in [4.78, 5) is 0. The van der Waals surface area contributed by atoms with E-state index in [1.165, 1.54) is 64.2 Å². The van der Waals surface area contributed by atoms with Gasteiger partial charge in [0.25, 0.3) is 0 Å². The lowest BCUT2D eigenvalue weighted by Crippen LogP contribution is -2.12. The summed E-state index contributed by atoms with van der Waals surface area (Å²) in [5.74, 6) is 1.74. The van der Waals surface area contributed by atoms with Crippen molar-refractivity contribution in [2.45, 2.75) is 76.0 Å². The summed E-state index contributed by atoms with van der Waals surface area (Å²) >= 11 is 0. The molecule has 0 amide bonds. The Morgan fingerprint density at radius 3 is 1.30 bits per heavy atom. The summed E-state index contributed by atoms with van der Waals surface area (Å²) in [6.45, 7) is 0. The van der Waals surface area contributed by atoms with Crippen LogP contribution in [0, 0.1) is 0 Å². The standard InChI is InChI=1S/C18H26.H2O2/c1-3-9-15(10-4-1)17-13-7-8-14-18(17)16-11-5-2-6-12-16;1-2/h7-8,13-16H,1-6,9-12H2;1-2H. The number of hydrogen-bond acceptors (Lipinski definition) is 2. The van der Waals surface area contributed by atoms with Crippen molar-refractivity contribution in [3.63, 3.8) is 0 Å². The Morgan fingerprint density at radius 2 is 0.950 bits per heavy atom. The monoisotopic (exact) mass is 276 g/mol. The van der Waals surface area contributed by atoms with Crippen LogP contribution in [0.2, 0.25) is 0 Å². The van der Waals surface area contributed by atoms with Crippen LogP contribution in [-0.2, 0) is 0 Å². The van der Waals surface area contributed by atoms with Crippen LogP contribution < -0.4 is 0 Å². The Balaban J connectivity index is 0.000000704. The molecule has 0 unspecified atom stereocenters. The minimum atomic E-state index is 0.872. The van der Waals surface area contributed by atoms with Crippen molar-refractivity contribution >= 4 is 0 Å². The molecule has 2 nitrogen and oxygen atoms in total. The maximum absolute atomic E-state index is 6.00. The van der Waals surface area contributed by atoms with Gasteiger partial charge in [-0.25, -0.2) is 0 Å². The van der Waals surface area contributed by atoms with Gasteiger partial charge in [-0.1, -0.05) is 62.8 Å². The lowest BCUT2D eigenvalue weighted by Gasteiger charge is -2.29. The molecule has 2 N–H and O–H groups in total. The first-order chi connectivity index (χ1) is 9.95. The predicted molar refractivity (Wildman–Crippen MR) is 83.4 cm³/mol. The van der Waals surface area contributed by atoms with E-state index >= 15 is 0 Å². The van der Waals surface area contributed by atoms with Crippen molar-refractivity contribution in [1.82, 2.24) is 0 Å². The molecule has 2 aliphatic rings. The normalized spacial score (nSPS) is 21.1. The van der Waals surface area contributed by atoms with Crippen molar-refractivity contribution in [3.05, 3.63) is 35.4 Å². The Bertz CT molecular complexity index is 340. The molecule has 2 saturated carbocycles. The first-order valence-electron chi connectivity index (χ1n) is 8.24. The van der Waals surface area contributed by atoms with E-state index < -0.39 is 0 Å². The lowest BCUT2D eigenvalue weighted by molar-refractivity contribution is -0.176. The Hall–Kier alpha value is -0.860. The average molecular weight is 276 g/mol. The van der Waals surface area contributed by atoms with E-state index in [2.05, 4.69) is 24.3 Å². The fourth-order valence-electron chi connectivity index (χ4n) is 4.08. The van der Waals surface area contributed by atoms with Crippen LogP contribution in [0.3, 0.4) is 0 Å². The van der Waals surface area contributed by atoms with E-state index in [0.29, 0.717) is 0 Å². The molecule has 1 aromatic rings. The van der Waals surface area contributed by atoms with Gasteiger partial charge < -0.3 is 0 Å². The molecule has 1 aromatic carbocycles. The minimum absolute atomic E-state index is 0.872. The first kappa shape index (κ1) is 15.5. The average Bonchev–Trinajstić information content (AvgIpc) is 2.58. The van der Waals surface area contributed by atoms with Crippen LogP contribution in [0.5, 0.6) is 0 Å². The molecule has 20 heavy (non-hydrogen) atoms. The molecule has 0 bridgehead atoms. The van der Waals surface area contributed by atoms with Crippen molar-refractivity contribution in [2.75, 3.05) is 0 Å². The largest absolute Gasteiger partial charge is 0.255 e. The molecule has 0 saturated heterocycles. The fraction of sp³-hybridized carbons (Fsp3) is 0.667. The Morgan fingerprint density at radius 1 is 0.600 bits per heavy atom. The highest BCUT2D eigenvalue weighted by molar-refractivity contribution is 5.34. The molecule has 112 valence electrons. The van der Waals surface area contributed by atoms with Gasteiger partial charge in [-0.15, -0.1) is 0 Å². The van der Waals surface area contributed by atoms with Crippen LogP contribution in [0.4, 0.5) is 0 Å². The van der Waals surface area contributed by atoms with E-state index in [9.17, 15) is 0 Å². The van der Waals surface area contributed by atoms with Gasteiger partial charge in [0.2, 0.25) is 0 Å². The summed E-state index contributed by atoms with van der Waals surface area (Å²) in [6, 6.07) is 9.38. The van der Waals surface area contributed by atoms with E-state index in [4.69, 9.17) is 10.5 Å². The van der Waals surface area contributed by atoms with Gasteiger partial charge in [-0.3, -0.25) is 10.5 Å². The van der Waals surface area contributed by atoms with Crippen LogP contribution in [0.1, 0.15) is 87.2 Å². The summed E-state index contributed by atoms with van der Waals surface area (Å²) in [5.41, 5.74) is 3.42. The fourth-order valence-corrected chi connectivity index (χ4v) is 4.08. The molecule has 0 atom stereocenters. The van der Waals surface area contributed by atoms with Gasteiger partial charge in [0.1, 0.15) is 0 Å². The van der Waals surface area contributed by atoms with E-state index in [0.717, 1.165) is 11.8 Å². The van der Waals surface area contributed by atoms with Crippen LogP contribution in [0.25, 0.3) is 0 Å². The number of hydrogen-bond donors (Lipinski definition) is 2. The zero-order chi connectivity index (χ0) is 14.2. The number of rotatable bonds is 2. The van der Waals surface area contributed by atoms with Gasteiger partial charge >= 0.3 is 0 Å². The smallest absolute Gasteiger partial charge is 0.0159 e. The summed E-state index contributed by atoms with van der Waals surface area (Å²) in [7, 11) is 0. The summed E-state index contributed by atoms with van der Waals surface area (Å²) in [5, 5.41) is 12.0. The number of benzene rings is 1. The highest BCUT2D eigenvalue weighted by Gasteiger charge is 2.23. The Kier molecular flexibility index (Phi) is 6.55. The van der Waals surface area contributed by atoms with Gasteiger partial charge in [0.15, 0.2) is 0 Å². The molecule has 0 spiro atoms. The second-order valence-corrected chi connectivity index (χ2v) is 6.30. The molecule has 2 heteroatoms.